The molecule has 1 amide bonds. The molecule has 2 N–H and O–H groups in total. The second-order valence-electron chi connectivity index (χ2n) is 4.92. The van der Waals surface area contributed by atoms with Gasteiger partial charge in [-0.05, 0) is 25.0 Å². The molecule has 0 aromatic carbocycles. The van der Waals surface area contributed by atoms with Gasteiger partial charge in [0.25, 0.3) is 5.91 Å². The zero-order chi connectivity index (χ0) is 15.2. The molecule has 1 atom stereocenters. The molecule has 0 aliphatic carbocycles. The van der Waals surface area contributed by atoms with Crippen LogP contribution in [0.4, 0.5) is 5.82 Å². The molecule has 110 valence electrons. The number of anilines is 1. The van der Waals surface area contributed by atoms with Crippen LogP contribution in [0.2, 0.25) is 0 Å². The molecule has 1 fully saturated rings. The molecule has 1 aliphatic rings. The number of rotatable bonds is 4. The van der Waals surface area contributed by atoms with Crippen molar-refractivity contribution in [2.24, 2.45) is 5.92 Å². The number of amides is 1. The molecule has 21 heavy (non-hydrogen) atoms. The highest BCUT2D eigenvalue weighted by Crippen LogP contribution is 2.21. The van der Waals surface area contributed by atoms with E-state index in [-0.39, 0.29) is 18.4 Å². The molecular weight excluding hydrogens is 270 g/mol. The Morgan fingerprint density at radius 3 is 2.95 bits per heavy atom. The molecule has 1 unspecified atom stereocenters. The highest BCUT2D eigenvalue weighted by molar-refractivity contribution is 5.94. The van der Waals surface area contributed by atoms with E-state index in [4.69, 9.17) is 11.5 Å². The highest BCUT2D eigenvalue weighted by Gasteiger charge is 2.26. The van der Waals surface area contributed by atoms with Crippen LogP contribution in [0.5, 0.6) is 0 Å². The average molecular weight is 287 g/mol. The van der Waals surface area contributed by atoms with Gasteiger partial charge in [-0.15, -0.1) is 6.42 Å². The lowest BCUT2D eigenvalue weighted by atomic mass is 9.98. The number of carboxylic acids is 1. The third-order valence-corrected chi connectivity index (χ3v) is 3.46. The number of nitrogens with one attached hydrogen (secondary N) is 1. The largest absolute Gasteiger partial charge is 0.481 e. The van der Waals surface area contributed by atoms with Gasteiger partial charge in [-0.2, -0.15) is 0 Å². The minimum atomic E-state index is -0.773. The van der Waals surface area contributed by atoms with Crippen molar-refractivity contribution in [3.63, 3.8) is 0 Å². The van der Waals surface area contributed by atoms with Gasteiger partial charge in [-0.1, -0.05) is 5.92 Å². The summed E-state index contributed by atoms with van der Waals surface area (Å²) in [6.07, 6.45) is 8.07. The maximum atomic E-state index is 11.7. The molecular formula is C15H17N3O3. The fraction of sp³-hybridized carbons (Fsp3) is 0.400. The van der Waals surface area contributed by atoms with E-state index in [0.29, 0.717) is 24.3 Å². The van der Waals surface area contributed by atoms with Crippen molar-refractivity contribution in [1.29, 1.82) is 0 Å². The molecule has 1 saturated heterocycles. The van der Waals surface area contributed by atoms with Gasteiger partial charge in [0, 0.05) is 19.3 Å². The number of terminal acetylenes is 1. The lowest BCUT2D eigenvalue weighted by molar-refractivity contribution is -0.141. The van der Waals surface area contributed by atoms with Gasteiger partial charge in [0.15, 0.2) is 0 Å². The molecule has 0 saturated carbocycles. The van der Waals surface area contributed by atoms with Crippen LogP contribution >= 0.6 is 0 Å². The van der Waals surface area contributed by atoms with Crippen LogP contribution in [0, 0.1) is 18.3 Å². The number of piperidine rings is 1. The Morgan fingerprint density at radius 2 is 2.33 bits per heavy atom. The second-order valence-corrected chi connectivity index (χ2v) is 4.92. The van der Waals surface area contributed by atoms with Crippen LogP contribution in [0.3, 0.4) is 0 Å². The van der Waals surface area contributed by atoms with Crippen molar-refractivity contribution in [1.82, 2.24) is 10.3 Å². The fourth-order valence-corrected chi connectivity index (χ4v) is 2.33. The molecule has 1 aliphatic heterocycles. The number of carbonyl (C=O) groups excluding carboxylic acids is 1. The summed E-state index contributed by atoms with van der Waals surface area (Å²) in [5, 5.41) is 11.6. The van der Waals surface area contributed by atoms with Crippen LogP contribution in [-0.4, -0.2) is 41.6 Å². The summed E-state index contributed by atoms with van der Waals surface area (Å²) in [5.41, 5.74) is 0.431. The summed E-state index contributed by atoms with van der Waals surface area (Å²) in [6.45, 7) is 1.40. The maximum Gasteiger partial charge on any atom is 0.308 e. The highest BCUT2D eigenvalue weighted by atomic mass is 16.4. The first kappa shape index (κ1) is 14.9. The van der Waals surface area contributed by atoms with E-state index in [9.17, 15) is 9.59 Å². The van der Waals surface area contributed by atoms with Gasteiger partial charge < -0.3 is 15.3 Å². The average Bonchev–Trinajstić information content (AvgIpc) is 2.53. The third kappa shape index (κ3) is 3.72. The summed E-state index contributed by atoms with van der Waals surface area (Å²) in [4.78, 5) is 28.9. The number of hydrogen-bond donors (Lipinski definition) is 2. The molecule has 0 spiro atoms. The van der Waals surface area contributed by atoms with Crippen molar-refractivity contribution in [2.75, 3.05) is 24.5 Å². The predicted molar refractivity (Wildman–Crippen MR) is 78.0 cm³/mol. The van der Waals surface area contributed by atoms with E-state index in [1.165, 1.54) is 6.20 Å². The van der Waals surface area contributed by atoms with Gasteiger partial charge in [-0.3, -0.25) is 9.59 Å². The first-order valence-electron chi connectivity index (χ1n) is 6.77. The Labute approximate surface area is 123 Å². The molecule has 2 heterocycles. The van der Waals surface area contributed by atoms with Gasteiger partial charge in [0.05, 0.1) is 18.0 Å². The van der Waals surface area contributed by atoms with E-state index < -0.39 is 5.97 Å². The van der Waals surface area contributed by atoms with Crippen LogP contribution in [0.25, 0.3) is 0 Å². The number of aromatic nitrogens is 1. The zero-order valence-electron chi connectivity index (χ0n) is 11.6. The molecule has 1 aromatic rings. The van der Waals surface area contributed by atoms with Crippen LogP contribution in [0.1, 0.15) is 23.2 Å². The van der Waals surface area contributed by atoms with Gasteiger partial charge in [-0.25, -0.2) is 4.98 Å². The Kier molecular flexibility index (Phi) is 4.77. The number of pyridine rings is 1. The minimum absolute atomic E-state index is 0.174. The Bertz CT molecular complexity index is 563. The van der Waals surface area contributed by atoms with E-state index in [1.54, 1.807) is 12.1 Å². The maximum absolute atomic E-state index is 11.7. The third-order valence-electron chi connectivity index (χ3n) is 3.46. The number of carboxylic acid groups (broad SMARTS) is 1. The SMILES string of the molecule is C#CCNC(=O)c1ccc(N2CCCC(C(=O)O)C2)nc1. The van der Waals surface area contributed by atoms with E-state index in [0.717, 1.165) is 13.0 Å². The van der Waals surface area contributed by atoms with E-state index >= 15 is 0 Å². The van der Waals surface area contributed by atoms with Crippen LogP contribution in [-0.2, 0) is 4.79 Å². The molecule has 0 radical (unpaired) electrons. The minimum Gasteiger partial charge on any atom is -0.481 e. The summed E-state index contributed by atoms with van der Waals surface area (Å²) >= 11 is 0. The first-order valence-corrected chi connectivity index (χ1v) is 6.77. The van der Waals surface area contributed by atoms with Gasteiger partial charge >= 0.3 is 5.97 Å². The lowest BCUT2D eigenvalue weighted by Gasteiger charge is -2.31. The van der Waals surface area contributed by atoms with Crippen molar-refractivity contribution in [3.8, 4) is 12.3 Å². The lowest BCUT2D eigenvalue weighted by Crippen LogP contribution is -2.39. The topological polar surface area (TPSA) is 82.5 Å². The first-order chi connectivity index (χ1) is 10.1. The molecule has 2 rings (SSSR count). The fourth-order valence-electron chi connectivity index (χ4n) is 2.33. The smallest absolute Gasteiger partial charge is 0.308 e. The van der Waals surface area contributed by atoms with Gasteiger partial charge in [0.1, 0.15) is 5.82 Å². The van der Waals surface area contributed by atoms with Crippen molar-refractivity contribution < 1.29 is 14.7 Å². The standard InChI is InChI=1S/C15H17N3O3/c1-2-7-16-14(19)11-5-6-13(17-9-11)18-8-3-4-12(10-18)15(20)21/h1,5-6,9,12H,3-4,7-8,10H2,(H,16,19)(H,20,21). The number of nitrogens with zero attached hydrogens (tertiary/aromatic N) is 2. The van der Waals surface area contributed by atoms with E-state index in [2.05, 4.69) is 16.2 Å². The van der Waals surface area contributed by atoms with Crippen LogP contribution < -0.4 is 10.2 Å². The molecule has 6 nitrogen and oxygen atoms in total. The normalized spacial score (nSPS) is 17.9. The summed E-state index contributed by atoms with van der Waals surface area (Å²) < 4.78 is 0. The number of carbonyl (C=O) groups is 2. The molecule has 1 aromatic heterocycles. The van der Waals surface area contributed by atoms with Gasteiger partial charge in [0.2, 0.25) is 0 Å². The zero-order valence-corrected chi connectivity index (χ0v) is 11.6. The molecule has 0 bridgehead atoms. The van der Waals surface area contributed by atoms with Crippen molar-refractivity contribution in [3.05, 3.63) is 23.9 Å². The second kappa shape index (κ2) is 6.75. The van der Waals surface area contributed by atoms with Crippen molar-refractivity contribution in [2.45, 2.75) is 12.8 Å². The van der Waals surface area contributed by atoms with E-state index in [1.807, 2.05) is 4.90 Å². The summed E-state index contributed by atoms with van der Waals surface area (Å²) in [5.74, 6) is 1.62. The number of aliphatic carboxylic acids is 1. The summed E-state index contributed by atoms with van der Waals surface area (Å²) in [7, 11) is 0. The van der Waals surface area contributed by atoms with Crippen LogP contribution in [0.15, 0.2) is 18.3 Å². The predicted octanol–water partition coefficient (Wildman–Crippen LogP) is 0.746. The number of hydrogen-bond acceptors (Lipinski definition) is 4. The Morgan fingerprint density at radius 1 is 1.52 bits per heavy atom. The quantitative estimate of drug-likeness (QED) is 0.798. The van der Waals surface area contributed by atoms with Crippen molar-refractivity contribution >= 4 is 17.7 Å². The summed E-state index contributed by atoms with van der Waals surface area (Å²) in [6, 6.07) is 3.40. The monoisotopic (exact) mass is 287 g/mol. The Balaban J connectivity index is 2.03. The Hall–Kier alpha value is -2.55. The molecule has 6 heteroatoms.